The topological polar surface area (TPSA) is 145 Å². The molecule has 0 bridgehead atoms. The van der Waals surface area contributed by atoms with Gasteiger partial charge in [0.15, 0.2) is 8.02 Å². The number of aliphatic hydroxyl groups is 1. The number of β-lactam (4-membered cyclic amide) rings is 1. The molecule has 4 aromatic rings. The van der Waals surface area contributed by atoms with Crippen molar-refractivity contribution in [2.24, 2.45) is 0 Å². The molecule has 47 heavy (non-hydrogen) atoms. The minimum atomic E-state index is -1.23. The van der Waals surface area contributed by atoms with Gasteiger partial charge in [-0.15, -0.1) is 11.8 Å². The molecule has 4 atom stereocenters. The number of aliphatic hydroxyl groups excluding tert-OH is 1. The molecule has 11 heteroatoms. The summed E-state index contributed by atoms with van der Waals surface area (Å²) in [6.45, 7) is -1.18. The lowest BCUT2D eigenvalue weighted by molar-refractivity contribution is -0.141. The number of carbonyl (C=O) groups is 4. The van der Waals surface area contributed by atoms with Crippen LogP contribution in [0.2, 0.25) is 1.41 Å². The quantitative estimate of drug-likeness (QED) is 0.141. The van der Waals surface area contributed by atoms with Crippen molar-refractivity contribution < 1.29 is 35.5 Å². The molecule has 0 saturated carbocycles. The Labute approximate surface area is 278 Å². The molecule has 1 heterocycles. The molecule has 1 fully saturated rings. The predicted molar refractivity (Wildman–Crippen MR) is 179 cm³/mol. The highest BCUT2D eigenvalue weighted by Crippen LogP contribution is 2.46. The Kier molecular flexibility index (Phi) is 10.8. The first kappa shape index (κ1) is 31.8. The third-order valence-corrected chi connectivity index (χ3v) is 8.92. The molecular formula is C36H35N3O7S. The molecule has 1 aliphatic heterocycles. The molecule has 3 amide bonds. The number of hydrogen-bond donors (Lipinski definition) is 4. The molecule has 1 aliphatic rings. The van der Waals surface area contributed by atoms with E-state index in [9.17, 15) is 29.4 Å². The summed E-state index contributed by atoms with van der Waals surface area (Å²) < 4.78 is 13.6. The van der Waals surface area contributed by atoms with Crippen LogP contribution >= 0.6 is 11.8 Å². The van der Waals surface area contributed by atoms with E-state index < -0.39 is 48.3 Å². The van der Waals surface area contributed by atoms with E-state index in [1.165, 1.54) is 11.8 Å². The highest BCUT2D eigenvalue weighted by Gasteiger charge is 2.49. The lowest BCUT2D eigenvalue weighted by Crippen LogP contribution is -2.57. The van der Waals surface area contributed by atoms with Crippen molar-refractivity contribution in [3.8, 4) is 5.75 Å². The van der Waals surface area contributed by atoms with Crippen molar-refractivity contribution in [2.75, 3.05) is 23.8 Å². The van der Waals surface area contributed by atoms with Gasteiger partial charge in [-0.2, -0.15) is 0 Å². The highest BCUT2D eigenvalue weighted by molar-refractivity contribution is 8.00. The number of carboxylic acid groups (broad SMARTS) is 1. The van der Waals surface area contributed by atoms with Gasteiger partial charge in [0.25, 0.3) is 5.91 Å². The van der Waals surface area contributed by atoms with Gasteiger partial charge in [0, 0.05) is 17.9 Å². The van der Waals surface area contributed by atoms with Crippen LogP contribution in [-0.4, -0.2) is 64.1 Å². The molecule has 4 N–H and O–H groups in total. The van der Waals surface area contributed by atoms with Gasteiger partial charge in [-0.3, -0.25) is 14.4 Å². The Morgan fingerprint density at radius 2 is 1.49 bits per heavy atom. The summed E-state index contributed by atoms with van der Waals surface area (Å²) in [5, 5.41) is 22.6. The van der Waals surface area contributed by atoms with E-state index in [0.717, 1.165) is 22.4 Å². The Morgan fingerprint density at radius 1 is 0.872 bits per heavy atom. The summed E-state index contributed by atoms with van der Waals surface area (Å²) in [4.78, 5) is 51.7. The van der Waals surface area contributed by atoms with Crippen molar-refractivity contribution >= 4 is 41.1 Å². The summed E-state index contributed by atoms with van der Waals surface area (Å²) in [5.41, 5.74) is 3.10. The first-order chi connectivity index (χ1) is 23.2. The Morgan fingerprint density at radius 3 is 2.13 bits per heavy atom. The van der Waals surface area contributed by atoms with Crippen LogP contribution in [0.3, 0.4) is 0 Å². The second-order valence-corrected chi connectivity index (χ2v) is 12.1. The first-order valence-electron chi connectivity index (χ1n) is 15.5. The van der Waals surface area contributed by atoms with E-state index in [0.29, 0.717) is 16.8 Å². The molecule has 242 valence electrons. The molecule has 0 aromatic heterocycles. The molecule has 10 nitrogen and oxygen atoms in total. The summed E-state index contributed by atoms with van der Waals surface area (Å²) in [5.74, 6) is -2.18. The van der Waals surface area contributed by atoms with Gasteiger partial charge in [-0.25, -0.2) is 4.79 Å². The van der Waals surface area contributed by atoms with Crippen LogP contribution in [0, 0.1) is 0 Å². The maximum atomic E-state index is 13.3. The number of nitrogens with zero attached hydrogens (tertiary/aromatic N) is 1. The highest BCUT2D eigenvalue weighted by atomic mass is 32.2. The fourth-order valence-corrected chi connectivity index (χ4v) is 6.49. The molecule has 1 unspecified atom stereocenters. The maximum absolute atomic E-state index is 13.3. The number of para-hydroxylation sites is 1. The van der Waals surface area contributed by atoms with Crippen LogP contribution in [0.4, 0.5) is 5.69 Å². The number of ether oxygens (including phenoxy) is 1. The molecule has 0 aliphatic carbocycles. The van der Waals surface area contributed by atoms with Gasteiger partial charge in [0.05, 0.1) is 18.7 Å². The van der Waals surface area contributed by atoms with Crippen molar-refractivity contribution in [2.45, 2.75) is 29.9 Å². The van der Waals surface area contributed by atoms with Gasteiger partial charge in [-0.05, 0) is 41.0 Å². The van der Waals surface area contributed by atoms with Crippen molar-refractivity contribution in [1.82, 2.24) is 10.6 Å². The smallest absolute Gasteiger partial charge is 0.326 e. The molecule has 0 spiro atoms. The van der Waals surface area contributed by atoms with Crippen LogP contribution in [0.25, 0.3) is 0 Å². The van der Waals surface area contributed by atoms with Gasteiger partial charge in [-0.1, -0.05) is 91.0 Å². The van der Waals surface area contributed by atoms with Crippen molar-refractivity contribution in [3.05, 3.63) is 132 Å². The third-order valence-electron chi connectivity index (χ3n) is 7.60. The maximum Gasteiger partial charge on any atom is 0.326 e. The molecule has 4 aromatic carbocycles. The number of carboxylic acids is 1. The van der Waals surface area contributed by atoms with E-state index in [-0.39, 0.29) is 18.4 Å². The van der Waals surface area contributed by atoms with Crippen LogP contribution in [0.15, 0.2) is 115 Å². The normalized spacial score (nSPS) is 17.1. The second-order valence-electron chi connectivity index (χ2n) is 10.9. The summed E-state index contributed by atoms with van der Waals surface area (Å²) in [7, 11) is 0. The fraction of sp³-hybridized carbons (Fsp3) is 0.222. The van der Waals surface area contributed by atoms with Crippen LogP contribution in [0.1, 0.15) is 28.8 Å². The zero-order valence-corrected chi connectivity index (χ0v) is 26.2. The summed E-state index contributed by atoms with van der Waals surface area (Å²) in [6, 6.07) is 32.9. The SMILES string of the molecule is [2H]N(CC(=O)N[C@@H](Cc1ccccc1)C(=O)O)C(=O)COc1ccc([C@@H]2[C@@H](SCC(O)c3ccccc3)C(=O)N2c2ccccc2)cc1. The molecule has 0 radical (unpaired) electrons. The zero-order chi connectivity index (χ0) is 34.0. The molecule has 1 saturated heterocycles. The fourth-order valence-electron chi connectivity index (χ4n) is 5.19. The van der Waals surface area contributed by atoms with Crippen LogP contribution in [-0.2, 0) is 25.6 Å². The predicted octanol–water partition coefficient (Wildman–Crippen LogP) is 3.92. The number of aliphatic carboxylic acids is 1. The van der Waals surface area contributed by atoms with E-state index in [1.54, 1.807) is 59.5 Å². The van der Waals surface area contributed by atoms with E-state index >= 15 is 0 Å². The van der Waals surface area contributed by atoms with E-state index in [2.05, 4.69) is 5.32 Å². The van der Waals surface area contributed by atoms with Crippen molar-refractivity contribution in [3.63, 3.8) is 0 Å². The zero-order valence-electron chi connectivity index (χ0n) is 26.3. The average molecular weight is 655 g/mol. The van der Waals surface area contributed by atoms with E-state index in [4.69, 9.17) is 6.15 Å². The van der Waals surface area contributed by atoms with E-state index in [1.807, 2.05) is 60.7 Å². The Hall–Kier alpha value is -5.13. The number of amides is 3. The number of benzene rings is 4. The molecular weight excluding hydrogens is 618 g/mol. The number of thioether (sulfide) groups is 1. The largest absolute Gasteiger partial charge is 0.484 e. The minimum absolute atomic E-state index is 0.0557. The van der Waals surface area contributed by atoms with Gasteiger partial charge in [0.2, 0.25) is 11.8 Å². The number of rotatable bonds is 15. The summed E-state index contributed by atoms with van der Waals surface area (Å²) in [6.07, 6.45) is -0.667. The monoisotopic (exact) mass is 654 g/mol. The minimum Gasteiger partial charge on any atom is -0.484 e. The van der Waals surface area contributed by atoms with Crippen LogP contribution < -0.4 is 20.3 Å². The lowest BCUT2D eigenvalue weighted by atomic mass is 9.92. The van der Waals surface area contributed by atoms with Crippen molar-refractivity contribution in [1.29, 1.82) is 0 Å². The van der Waals surface area contributed by atoms with Gasteiger partial charge >= 0.3 is 5.97 Å². The second kappa shape index (κ2) is 15.9. The average Bonchev–Trinajstić information content (AvgIpc) is 3.10. The number of nitrogens with one attached hydrogen (secondary N) is 2. The van der Waals surface area contributed by atoms with Gasteiger partial charge < -0.3 is 30.5 Å². The molecule has 5 rings (SSSR count). The standard InChI is InChI=1S/C36H35N3O7S/c40-30(25-12-6-2-7-13-25)23-47-34-33(39(35(34)43)27-14-8-3-9-15-27)26-16-18-28(19-17-26)46-22-32(42)37-21-31(41)38-29(36(44)45)20-24-10-4-1-5-11-24/h1-19,29-30,33-34,40H,20-23H2,(H,37,42)(H,38,41)(H,44,45)/t29-,30?,33+,34+/m0/s1/i/hD. The number of anilines is 1. The first-order valence-corrected chi connectivity index (χ1v) is 16.1. The van der Waals surface area contributed by atoms with Gasteiger partial charge in [0.1, 0.15) is 17.0 Å². The Bertz CT molecular complexity index is 1700. The lowest BCUT2D eigenvalue weighted by Gasteiger charge is -2.47. The summed E-state index contributed by atoms with van der Waals surface area (Å²) >= 11 is 1.40. The van der Waals surface area contributed by atoms with Crippen LogP contribution in [0.5, 0.6) is 5.75 Å². The number of carbonyl (C=O) groups excluding carboxylic acids is 3. The number of hydrogen-bond acceptors (Lipinski definition) is 7. The third kappa shape index (κ3) is 8.78. The Balaban J connectivity index is 1.17.